The highest BCUT2D eigenvalue weighted by atomic mass is 15.5. The molecule has 1 atom stereocenters. The Labute approximate surface area is 124 Å². The van der Waals surface area contributed by atoms with Crippen molar-refractivity contribution in [3.05, 3.63) is 36.2 Å². The van der Waals surface area contributed by atoms with Crippen molar-refractivity contribution in [2.45, 2.75) is 12.6 Å². The second-order valence-electron chi connectivity index (χ2n) is 5.46. The molecule has 3 rings (SSSR count). The lowest BCUT2D eigenvalue weighted by atomic mass is 10.1. The lowest BCUT2D eigenvalue weighted by Gasteiger charge is -2.39. The van der Waals surface area contributed by atoms with Gasteiger partial charge in [-0.3, -0.25) is 4.90 Å². The number of hydrogen-bond donors (Lipinski definition) is 1. The summed E-state index contributed by atoms with van der Waals surface area (Å²) >= 11 is 0. The van der Waals surface area contributed by atoms with E-state index in [1.54, 1.807) is 4.68 Å². The SMILES string of the molecule is CN1CCN(Cc2nnnn2-c2ccccc2)C(CN)C1. The number of para-hydroxylation sites is 1. The van der Waals surface area contributed by atoms with Gasteiger partial charge in [-0.1, -0.05) is 18.2 Å². The first-order valence-electron chi connectivity index (χ1n) is 7.23. The van der Waals surface area contributed by atoms with Crippen molar-refractivity contribution in [1.82, 2.24) is 30.0 Å². The lowest BCUT2D eigenvalue weighted by molar-refractivity contribution is 0.0851. The molecule has 0 bridgehead atoms. The zero-order valence-corrected chi connectivity index (χ0v) is 12.3. The molecular formula is C14H21N7. The summed E-state index contributed by atoms with van der Waals surface area (Å²) in [5.74, 6) is 0.851. The highest BCUT2D eigenvalue weighted by Crippen LogP contribution is 2.13. The van der Waals surface area contributed by atoms with Gasteiger partial charge in [0, 0.05) is 32.2 Å². The Morgan fingerprint density at radius 1 is 1.24 bits per heavy atom. The van der Waals surface area contributed by atoms with Crippen LogP contribution in [0.3, 0.4) is 0 Å². The van der Waals surface area contributed by atoms with E-state index in [4.69, 9.17) is 5.73 Å². The van der Waals surface area contributed by atoms with Crippen LogP contribution in [0.1, 0.15) is 5.82 Å². The monoisotopic (exact) mass is 287 g/mol. The van der Waals surface area contributed by atoms with E-state index >= 15 is 0 Å². The summed E-state index contributed by atoms with van der Waals surface area (Å²) in [5, 5.41) is 12.1. The minimum Gasteiger partial charge on any atom is -0.329 e. The van der Waals surface area contributed by atoms with E-state index in [-0.39, 0.29) is 0 Å². The molecule has 0 amide bonds. The van der Waals surface area contributed by atoms with Crippen LogP contribution >= 0.6 is 0 Å². The maximum atomic E-state index is 5.91. The van der Waals surface area contributed by atoms with Gasteiger partial charge < -0.3 is 10.6 Å². The summed E-state index contributed by atoms with van der Waals surface area (Å²) in [5.41, 5.74) is 6.89. The average molecular weight is 287 g/mol. The van der Waals surface area contributed by atoms with Crippen LogP contribution in [0.25, 0.3) is 5.69 Å². The maximum Gasteiger partial charge on any atom is 0.170 e. The largest absolute Gasteiger partial charge is 0.329 e. The van der Waals surface area contributed by atoms with Crippen LogP contribution in [0.15, 0.2) is 30.3 Å². The van der Waals surface area contributed by atoms with Gasteiger partial charge in [0.2, 0.25) is 0 Å². The van der Waals surface area contributed by atoms with Crippen LogP contribution in [0.2, 0.25) is 0 Å². The number of rotatable bonds is 4. The molecule has 1 saturated heterocycles. The molecule has 112 valence electrons. The number of tetrazole rings is 1. The van der Waals surface area contributed by atoms with Crippen LogP contribution in [0.4, 0.5) is 0 Å². The molecule has 0 saturated carbocycles. The van der Waals surface area contributed by atoms with E-state index in [0.717, 1.165) is 37.7 Å². The van der Waals surface area contributed by atoms with Gasteiger partial charge in [-0.05, 0) is 29.6 Å². The Balaban J connectivity index is 1.78. The molecule has 1 aromatic carbocycles. The van der Waals surface area contributed by atoms with E-state index < -0.39 is 0 Å². The molecular weight excluding hydrogens is 266 g/mol. The van der Waals surface area contributed by atoms with Crippen molar-refractivity contribution in [2.75, 3.05) is 33.2 Å². The molecule has 1 aliphatic rings. The predicted molar refractivity (Wildman–Crippen MR) is 79.9 cm³/mol. The molecule has 7 nitrogen and oxygen atoms in total. The third-order valence-electron chi connectivity index (χ3n) is 3.96. The second-order valence-corrected chi connectivity index (χ2v) is 5.46. The molecule has 1 aliphatic heterocycles. The molecule has 2 N–H and O–H groups in total. The topological polar surface area (TPSA) is 76.1 Å². The highest BCUT2D eigenvalue weighted by Gasteiger charge is 2.25. The number of nitrogens with zero attached hydrogens (tertiary/aromatic N) is 6. The molecule has 2 aromatic rings. The average Bonchev–Trinajstić information content (AvgIpc) is 2.98. The summed E-state index contributed by atoms with van der Waals surface area (Å²) in [6.07, 6.45) is 0. The summed E-state index contributed by atoms with van der Waals surface area (Å²) in [7, 11) is 2.13. The van der Waals surface area contributed by atoms with Crippen LogP contribution in [-0.2, 0) is 6.54 Å². The summed E-state index contributed by atoms with van der Waals surface area (Å²) < 4.78 is 1.80. The lowest BCUT2D eigenvalue weighted by Crippen LogP contribution is -2.54. The fraction of sp³-hybridized carbons (Fsp3) is 0.500. The normalized spacial score (nSPS) is 20.8. The predicted octanol–water partition coefficient (Wildman–Crippen LogP) is -0.263. The minimum absolute atomic E-state index is 0.352. The number of hydrogen-bond acceptors (Lipinski definition) is 6. The van der Waals surface area contributed by atoms with Gasteiger partial charge in [-0.15, -0.1) is 5.10 Å². The summed E-state index contributed by atoms with van der Waals surface area (Å²) in [4.78, 5) is 4.68. The van der Waals surface area contributed by atoms with Gasteiger partial charge in [-0.2, -0.15) is 4.68 Å². The summed E-state index contributed by atoms with van der Waals surface area (Å²) in [6, 6.07) is 10.3. The summed E-state index contributed by atoms with van der Waals surface area (Å²) in [6.45, 7) is 4.39. The Bertz CT molecular complexity index is 568. The van der Waals surface area contributed by atoms with E-state index in [1.165, 1.54) is 0 Å². The fourth-order valence-electron chi connectivity index (χ4n) is 2.74. The van der Waals surface area contributed by atoms with Crippen molar-refractivity contribution in [2.24, 2.45) is 5.73 Å². The number of piperazine rings is 1. The van der Waals surface area contributed by atoms with Gasteiger partial charge >= 0.3 is 0 Å². The minimum atomic E-state index is 0.352. The number of aromatic nitrogens is 4. The van der Waals surface area contributed by atoms with Crippen molar-refractivity contribution in [3.8, 4) is 5.69 Å². The van der Waals surface area contributed by atoms with E-state index in [2.05, 4.69) is 32.4 Å². The van der Waals surface area contributed by atoms with Crippen LogP contribution in [0.5, 0.6) is 0 Å². The Morgan fingerprint density at radius 2 is 2.05 bits per heavy atom. The van der Waals surface area contributed by atoms with Gasteiger partial charge in [-0.25, -0.2) is 0 Å². The first-order chi connectivity index (χ1) is 10.3. The van der Waals surface area contributed by atoms with E-state index in [0.29, 0.717) is 12.6 Å². The molecule has 7 heteroatoms. The zero-order chi connectivity index (χ0) is 14.7. The molecule has 1 aromatic heterocycles. The molecule has 1 fully saturated rings. The number of benzene rings is 1. The number of nitrogens with two attached hydrogens (primary N) is 1. The van der Waals surface area contributed by atoms with Gasteiger partial charge in [0.1, 0.15) is 0 Å². The molecule has 1 unspecified atom stereocenters. The molecule has 21 heavy (non-hydrogen) atoms. The standard InChI is InChI=1S/C14H21N7/c1-19-7-8-20(13(9-15)10-19)11-14-16-17-18-21(14)12-5-3-2-4-6-12/h2-6,13H,7-11,15H2,1H3. The maximum absolute atomic E-state index is 5.91. The first kappa shape index (κ1) is 14.1. The molecule has 0 radical (unpaired) electrons. The highest BCUT2D eigenvalue weighted by molar-refractivity contribution is 5.30. The molecule has 0 spiro atoms. The van der Waals surface area contributed by atoms with E-state index in [1.807, 2.05) is 30.3 Å². The zero-order valence-electron chi connectivity index (χ0n) is 12.3. The Hall–Kier alpha value is -1.83. The molecule has 2 heterocycles. The van der Waals surface area contributed by atoms with E-state index in [9.17, 15) is 0 Å². The van der Waals surface area contributed by atoms with Crippen molar-refractivity contribution < 1.29 is 0 Å². The van der Waals surface area contributed by atoms with Crippen molar-refractivity contribution >= 4 is 0 Å². The third kappa shape index (κ3) is 3.10. The van der Waals surface area contributed by atoms with Crippen LogP contribution < -0.4 is 5.73 Å². The quantitative estimate of drug-likeness (QED) is 0.835. The van der Waals surface area contributed by atoms with Crippen LogP contribution in [0, 0.1) is 0 Å². The van der Waals surface area contributed by atoms with Crippen molar-refractivity contribution in [3.63, 3.8) is 0 Å². The smallest absolute Gasteiger partial charge is 0.170 e. The first-order valence-corrected chi connectivity index (χ1v) is 7.23. The third-order valence-corrected chi connectivity index (χ3v) is 3.96. The van der Waals surface area contributed by atoms with Gasteiger partial charge in [0.15, 0.2) is 5.82 Å². The van der Waals surface area contributed by atoms with Crippen LogP contribution in [-0.4, -0.2) is 69.3 Å². The van der Waals surface area contributed by atoms with Crippen molar-refractivity contribution in [1.29, 1.82) is 0 Å². The Kier molecular flexibility index (Phi) is 4.23. The Morgan fingerprint density at radius 3 is 2.81 bits per heavy atom. The van der Waals surface area contributed by atoms with Gasteiger partial charge in [0.05, 0.1) is 12.2 Å². The van der Waals surface area contributed by atoms with Gasteiger partial charge in [0.25, 0.3) is 0 Å². The fourth-order valence-corrected chi connectivity index (χ4v) is 2.74. The number of likely N-dealkylation sites (N-methyl/N-ethyl adjacent to an activating group) is 1. The second kappa shape index (κ2) is 6.30. The molecule has 0 aliphatic carbocycles.